The lowest BCUT2D eigenvalue weighted by Gasteiger charge is -2.28. The number of benzene rings is 2. The molecule has 4 heteroatoms. The van der Waals surface area contributed by atoms with Crippen LogP contribution in [0.5, 0.6) is 0 Å². The summed E-state index contributed by atoms with van der Waals surface area (Å²) in [5.74, 6) is -0.201. The van der Waals surface area contributed by atoms with Crippen molar-refractivity contribution in [1.82, 2.24) is 9.47 Å². The average molecular weight is 352 g/mol. The van der Waals surface area contributed by atoms with Gasteiger partial charge in [-0.3, -0.25) is 0 Å². The smallest absolute Gasteiger partial charge is 0.123 e. The van der Waals surface area contributed by atoms with E-state index in [1.54, 1.807) is 0 Å². The lowest BCUT2D eigenvalue weighted by molar-refractivity contribution is 0.348. The zero-order valence-corrected chi connectivity index (χ0v) is 14.9. The standard InChI is InChI=1S/C21H21FN2S/c22-17-10-8-16(9-11-17)14-24-15-19(18-6-2-3-7-20(18)24)21(25)23-12-4-1-5-13-23/h2-3,6-11,15H,1,4-5,12-14H2. The summed E-state index contributed by atoms with van der Waals surface area (Å²) in [6, 6.07) is 15.1. The van der Waals surface area contributed by atoms with Crippen LogP contribution in [0.4, 0.5) is 4.39 Å². The number of fused-ring (bicyclic) bond motifs is 1. The van der Waals surface area contributed by atoms with Crippen molar-refractivity contribution in [1.29, 1.82) is 0 Å². The van der Waals surface area contributed by atoms with Crippen LogP contribution in [0, 0.1) is 5.82 Å². The maximum atomic E-state index is 13.2. The predicted octanol–water partition coefficient (Wildman–Crippen LogP) is 4.99. The quantitative estimate of drug-likeness (QED) is 0.614. The molecule has 0 unspecified atom stereocenters. The van der Waals surface area contributed by atoms with E-state index in [9.17, 15) is 4.39 Å². The molecule has 0 saturated carbocycles. The second kappa shape index (κ2) is 6.96. The minimum Gasteiger partial charge on any atom is -0.362 e. The Morgan fingerprint density at radius 2 is 1.68 bits per heavy atom. The molecule has 2 nitrogen and oxygen atoms in total. The number of hydrogen-bond acceptors (Lipinski definition) is 1. The van der Waals surface area contributed by atoms with Gasteiger partial charge in [-0.15, -0.1) is 0 Å². The lowest BCUT2D eigenvalue weighted by atomic mass is 10.1. The summed E-state index contributed by atoms with van der Waals surface area (Å²) in [5.41, 5.74) is 3.38. The zero-order chi connectivity index (χ0) is 17.2. The van der Waals surface area contributed by atoms with E-state index in [0.717, 1.165) is 29.2 Å². The highest BCUT2D eigenvalue weighted by Crippen LogP contribution is 2.25. The molecule has 1 fully saturated rings. The third-order valence-corrected chi connectivity index (χ3v) is 5.41. The Morgan fingerprint density at radius 3 is 2.44 bits per heavy atom. The van der Waals surface area contributed by atoms with Crippen molar-refractivity contribution in [3.63, 3.8) is 0 Å². The van der Waals surface area contributed by atoms with Gasteiger partial charge in [0.15, 0.2) is 0 Å². The molecule has 0 atom stereocenters. The van der Waals surface area contributed by atoms with Crippen molar-refractivity contribution in [2.45, 2.75) is 25.8 Å². The number of piperidine rings is 1. The first-order valence-corrected chi connectivity index (χ1v) is 9.25. The van der Waals surface area contributed by atoms with Crippen LogP contribution in [-0.4, -0.2) is 27.5 Å². The summed E-state index contributed by atoms with van der Waals surface area (Å²) in [4.78, 5) is 3.29. The Hall–Kier alpha value is -2.20. The molecular formula is C21H21FN2S. The van der Waals surface area contributed by atoms with Crippen LogP contribution in [-0.2, 0) is 6.54 Å². The van der Waals surface area contributed by atoms with E-state index >= 15 is 0 Å². The normalized spacial score (nSPS) is 14.8. The third-order valence-electron chi connectivity index (χ3n) is 4.93. The summed E-state index contributed by atoms with van der Waals surface area (Å²) in [6.45, 7) is 2.82. The van der Waals surface area contributed by atoms with Gasteiger partial charge >= 0.3 is 0 Å². The molecule has 0 radical (unpaired) electrons. The molecule has 4 rings (SSSR count). The van der Waals surface area contributed by atoms with Crippen LogP contribution in [0.3, 0.4) is 0 Å². The van der Waals surface area contributed by atoms with E-state index < -0.39 is 0 Å². The number of hydrogen-bond donors (Lipinski definition) is 0. The molecule has 0 aliphatic carbocycles. The molecule has 1 aliphatic rings. The highest BCUT2D eigenvalue weighted by molar-refractivity contribution is 7.80. The van der Waals surface area contributed by atoms with E-state index in [-0.39, 0.29) is 5.82 Å². The van der Waals surface area contributed by atoms with Crippen LogP contribution in [0.2, 0.25) is 0 Å². The highest BCUT2D eigenvalue weighted by atomic mass is 32.1. The van der Waals surface area contributed by atoms with Crippen LogP contribution in [0.15, 0.2) is 54.7 Å². The molecule has 0 amide bonds. The summed E-state index contributed by atoms with van der Waals surface area (Å²) in [5, 5.41) is 1.19. The lowest BCUT2D eigenvalue weighted by Crippen LogP contribution is -2.34. The van der Waals surface area contributed by atoms with Crippen LogP contribution in [0.1, 0.15) is 30.4 Å². The molecule has 0 spiro atoms. The van der Waals surface area contributed by atoms with Gasteiger partial charge in [0.25, 0.3) is 0 Å². The number of thiocarbonyl (C=S) groups is 1. The van der Waals surface area contributed by atoms with Gasteiger partial charge in [-0.05, 0) is 43.0 Å². The molecule has 2 heterocycles. The highest BCUT2D eigenvalue weighted by Gasteiger charge is 2.19. The number of halogens is 1. The monoisotopic (exact) mass is 352 g/mol. The first-order valence-electron chi connectivity index (χ1n) is 8.84. The molecule has 25 heavy (non-hydrogen) atoms. The first kappa shape index (κ1) is 16.3. The fourth-order valence-electron chi connectivity index (χ4n) is 3.60. The van der Waals surface area contributed by atoms with Crippen LogP contribution >= 0.6 is 12.2 Å². The van der Waals surface area contributed by atoms with E-state index in [1.807, 2.05) is 12.1 Å². The summed E-state index contributed by atoms with van der Waals surface area (Å²) in [7, 11) is 0. The molecule has 2 aromatic carbocycles. The number of rotatable bonds is 3. The molecule has 1 aromatic heterocycles. The summed E-state index contributed by atoms with van der Waals surface area (Å²) >= 11 is 5.83. The Kier molecular flexibility index (Phi) is 4.53. The Labute approximate surface area is 152 Å². The molecular weight excluding hydrogens is 331 g/mol. The molecule has 0 N–H and O–H groups in total. The van der Waals surface area contributed by atoms with Crippen molar-refractivity contribution < 1.29 is 4.39 Å². The fourth-order valence-corrected chi connectivity index (χ4v) is 3.95. The number of aromatic nitrogens is 1. The SMILES string of the molecule is Fc1ccc(Cn2cc(C(=S)N3CCCCC3)c3ccccc32)cc1. The molecule has 128 valence electrons. The van der Waals surface area contributed by atoms with Gasteiger partial charge in [-0.25, -0.2) is 4.39 Å². The molecule has 1 aliphatic heterocycles. The maximum absolute atomic E-state index is 13.2. The predicted molar refractivity (Wildman–Crippen MR) is 105 cm³/mol. The van der Waals surface area contributed by atoms with Gasteiger partial charge in [0, 0.05) is 42.3 Å². The van der Waals surface area contributed by atoms with Crippen LogP contribution in [0.25, 0.3) is 10.9 Å². The van der Waals surface area contributed by atoms with E-state index in [0.29, 0.717) is 6.54 Å². The van der Waals surface area contributed by atoms with E-state index in [1.165, 1.54) is 42.3 Å². The second-order valence-electron chi connectivity index (χ2n) is 6.67. The zero-order valence-electron chi connectivity index (χ0n) is 14.1. The van der Waals surface area contributed by atoms with Crippen molar-refractivity contribution in [3.8, 4) is 0 Å². The van der Waals surface area contributed by atoms with Gasteiger partial charge in [-0.1, -0.05) is 42.5 Å². The van der Waals surface area contributed by atoms with Gasteiger partial charge in [-0.2, -0.15) is 0 Å². The maximum Gasteiger partial charge on any atom is 0.123 e. The van der Waals surface area contributed by atoms with Gasteiger partial charge in [0.2, 0.25) is 0 Å². The average Bonchev–Trinajstić information content (AvgIpc) is 3.02. The van der Waals surface area contributed by atoms with E-state index in [4.69, 9.17) is 12.2 Å². The Morgan fingerprint density at radius 1 is 0.960 bits per heavy atom. The Bertz CT molecular complexity index is 892. The number of para-hydroxylation sites is 1. The van der Waals surface area contributed by atoms with E-state index in [2.05, 4.69) is 39.9 Å². The van der Waals surface area contributed by atoms with Gasteiger partial charge < -0.3 is 9.47 Å². The van der Waals surface area contributed by atoms with Crippen molar-refractivity contribution in [3.05, 3.63) is 71.7 Å². The first-order chi connectivity index (χ1) is 12.2. The third kappa shape index (κ3) is 3.31. The van der Waals surface area contributed by atoms with Crippen molar-refractivity contribution in [2.24, 2.45) is 0 Å². The number of nitrogens with zero attached hydrogens (tertiary/aromatic N) is 2. The van der Waals surface area contributed by atoms with Gasteiger partial charge in [0.1, 0.15) is 10.8 Å². The van der Waals surface area contributed by atoms with Gasteiger partial charge in [0.05, 0.1) is 0 Å². The fraction of sp³-hybridized carbons (Fsp3) is 0.286. The van der Waals surface area contributed by atoms with Crippen LogP contribution < -0.4 is 0 Å². The van der Waals surface area contributed by atoms with Crippen molar-refractivity contribution in [2.75, 3.05) is 13.1 Å². The molecule has 1 saturated heterocycles. The topological polar surface area (TPSA) is 8.17 Å². The molecule has 0 bridgehead atoms. The summed E-state index contributed by atoms with van der Waals surface area (Å²) < 4.78 is 15.4. The summed E-state index contributed by atoms with van der Waals surface area (Å²) in [6.07, 6.45) is 5.89. The second-order valence-corrected chi connectivity index (χ2v) is 7.05. The Balaban J connectivity index is 1.70. The largest absolute Gasteiger partial charge is 0.362 e. The minimum absolute atomic E-state index is 0.201. The molecule has 3 aromatic rings. The number of likely N-dealkylation sites (tertiary alicyclic amines) is 1. The van der Waals surface area contributed by atoms with Crippen molar-refractivity contribution >= 4 is 28.1 Å². The minimum atomic E-state index is -0.201.